The molecule has 0 rings (SSSR count). The van der Waals surface area contributed by atoms with E-state index in [4.69, 9.17) is 4.74 Å². The van der Waals surface area contributed by atoms with Gasteiger partial charge in [0, 0.05) is 6.61 Å². The van der Waals surface area contributed by atoms with Gasteiger partial charge in [0.2, 0.25) is 0 Å². The molecule has 0 spiro atoms. The molecule has 0 aliphatic carbocycles. The van der Waals surface area contributed by atoms with Gasteiger partial charge in [0.25, 0.3) is 0 Å². The maximum Gasteiger partial charge on any atom is 0.0623 e. The Bertz CT molecular complexity index is 121. The molecule has 0 aromatic carbocycles. The highest BCUT2D eigenvalue weighted by Crippen LogP contribution is 2.13. The molecule has 2 nitrogen and oxygen atoms in total. The maximum absolute atomic E-state index is 5.74. The number of hydrogen-bond donors (Lipinski definition) is 0. The van der Waals surface area contributed by atoms with Gasteiger partial charge in [-0.05, 0) is 53.8 Å². The summed E-state index contributed by atoms with van der Waals surface area (Å²) in [5.41, 5.74) is 0.0676. The zero-order valence-corrected chi connectivity index (χ0v) is 9.89. The van der Waals surface area contributed by atoms with E-state index in [1.165, 1.54) is 12.8 Å². The Labute approximate surface area is 83.3 Å². The van der Waals surface area contributed by atoms with Crippen LogP contribution in [0.3, 0.4) is 0 Å². The molecule has 0 aliphatic heterocycles. The van der Waals surface area contributed by atoms with E-state index in [2.05, 4.69) is 39.8 Å². The third-order valence-corrected chi connectivity index (χ3v) is 2.34. The number of rotatable bonds is 7. The van der Waals surface area contributed by atoms with E-state index in [0.717, 1.165) is 19.6 Å². The van der Waals surface area contributed by atoms with Gasteiger partial charge >= 0.3 is 0 Å². The van der Waals surface area contributed by atoms with Gasteiger partial charge in [-0.3, -0.25) is 0 Å². The minimum Gasteiger partial charge on any atom is -0.376 e. The summed E-state index contributed by atoms with van der Waals surface area (Å²) in [5.74, 6) is 0. The van der Waals surface area contributed by atoms with Crippen LogP contribution in [-0.2, 0) is 4.74 Å². The van der Waals surface area contributed by atoms with Crippen LogP contribution in [0.4, 0.5) is 0 Å². The van der Waals surface area contributed by atoms with Crippen molar-refractivity contribution in [2.45, 2.75) is 45.6 Å². The quantitative estimate of drug-likeness (QED) is 0.568. The van der Waals surface area contributed by atoms with E-state index >= 15 is 0 Å². The fraction of sp³-hybridized carbons (Fsp3) is 1.00. The third kappa shape index (κ3) is 8.26. The van der Waals surface area contributed by atoms with Crippen LogP contribution in [0.5, 0.6) is 0 Å². The fourth-order valence-electron chi connectivity index (χ4n) is 0.981. The predicted octanol–water partition coefficient (Wildman–Crippen LogP) is 2.53. The molecule has 80 valence electrons. The van der Waals surface area contributed by atoms with Crippen molar-refractivity contribution in [3.8, 4) is 0 Å². The summed E-state index contributed by atoms with van der Waals surface area (Å²) in [6.07, 6.45) is 3.48. The zero-order chi connectivity index (χ0) is 10.3. The Morgan fingerprint density at radius 2 is 1.77 bits per heavy atom. The first-order valence-electron chi connectivity index (χ1n) is 5.26. The highest BCUT2D eigenvalue weighted by molar-refractivity contribution is 4.64. The topological polar surface area (TPSA) is 12.5 Å². The van der Waals surface area contributed by atoms with Crippen molar-refractivity contribution < 1.29 is 4.74 Å². The van der Waals surface area contributed by atoms with Crippen molar-refractivity contribution in [3.05, 3.63) is 0 Å². The molecule has 0 aliphatic rings. The highest BCUT2D eigenvalue weighted by Gasteiger charge is 2.14. The first-order valence-corrected chi connectivity index (χ1v) is 5.26. The minimum atomic E-state index is 0.0676. The lowest BCUT2D eigenvalue weighted by Gasteiger charge is -2.23. The molecule has 0 bridgehead atoms. The highest BCUT2D eigenvalue weighted by atomic mass is 16.5. The SMILES string of the molecule is CCC(C)(C)OCCCCN(C)C. The molecule has 0 radical (unpaired) electrons. The van der Waals surface area contributed by atoms with Crippen LogP contribution in [0.1, 0.15) is 40.0 Å². The number of ether oxygens (including phenoxy) is 1. The molecule has 0 unspecified atom stereocenters. The standard InChI is InChI=1S/C11H25NO/c1-6-11(2,3)13-10-8-7-9-12(4)5/h6-10H2,1-5H3. The molecular formula is C11H25NO. The summed E-state index contributed by atoms with van der Waals surface area (Å²) in [5, 5.41) is 0. The predicted molar refractivity (Wildman–Crippen MR) is 58.1 cm³/mol. The van der Waals surface area contributed by atoms with Crippen LogP contribution in [-0.4, -0.2) is 37.7 Å². The molecule has 0 fully saturated rings. The normalized spacial score (nSPS) is 12.5. The fourth-order valence-corrected chi connectivity index (χ4v) is 0.981. The molecule has 0 saturated carbocycles. The average Bonchev–Trinajstić information content (AvgIpc) is 2.03. The third-order valence-electron chi connectivity index (χ3n) is 2.34. The van der Waals surface area contributed by atoms with Gasteiger partial charge in [-0.2, -0.15) is 0 Å². The molecule has 0 saturated heterocycles. The van der Waals surface area contributed by atoms with Crippen LogP contribution >= 0.6 is 0 Å². The van der Waals surface area contributed by atoms with Gasteiger partial charge in [0.05, 0.1) is 5.60 Å². The summed E-state index contributed by atoms with van der Waals surface area (Å²) in [6.45, 7) is 8.53. The van der Waals surface area contributed by atoms with E-state index in [9.17, 15) is 0 Å². The summed E-state index contributed by atoms with van der Waals surface area (Å²) in [7, 11) is 4.22. The van der Waals surface area contributed by atoms with Crippen molar-refractivity contribution in [1.29, 1.82) is 0 Å². The van der Waals surface area contributed by atoms with Gasteiger partial charge in [-0.1, -0.05) is 6.92 Å². The lowest BCUT2D eigenvalue weighted by atomic mass is 10.1. The smallest absolute Gasteiger partial charge is 0.0623 e. The van der Waals surface area contributed by atoms with Gasteiger partial charge in [-0.25, -0.2) is 0 Å². The molecule has 0 aromatic heterocycles. The minimum absolute atomic E-state index is 0.0676. The van der Waals surface area contributed by atoms with Crippen LogP contribution < -0.4 is 0 Å². The van der Waals surface area contributed by atoms with Gasteiger partial charge in [0.15, 0.2) is 0 Å². The molecule has 13 heavy (non-hydrogen) atoms. The Morgan fingerprint density at radius 3 is 2.23 bits per heavy atom. The monoisotopic (exact) mass is 187 g/mol. The van der Waals surface area contributed by atoms with Crippen molar-refractivity contribution in [2.24, 2.45) is 0 Å². The molecule has 0 atom stereocenters. The second-order valence-electron chi connectivity index (χ2n) is 4.47. The van der Waals surface area contributed by atoms with Crippen LogP contribution in [0.25, 0.3) is 0 Å². The Hall–Kier alpha value is -0.0800. The molecule has 0 heterocycles. The summed E-state index contributed by atoms with van der Waals surface area (Å²) >= 11 is 0. The van der Waals surface area contributed by atoms with E-state index in [-0.39, 0.29) is 5.60 Å². The van der Waals surface area contributed by atoms with E-state index in [0.29, 0.717) is 0 Å². The summed E-state index contributed by atoms with van der Waals surface area (Å²) < 4.78 is 5.74. The van der Waals surface area contributed by atoms with Crippen LogP contribution in [0.15, 0.2) is 0 Å². The van der Waals surface area contributed by atoms with Crippen LogP contribution in [0, 0.1) is 0 Å². The molecule has 2 heteroatoms. The maximum atomic E-state index is 5.74. The molecule has 0 amide bonds. The Morgan fingerprint density at radius 1 is 1.15 bits per heavy atom. The van der Waals surface area contributed by atoms with Crippen molar-refractivity contribution in [3.63, 3.8) is 0 Å². The first-order chi connectivity index (χ1) is 5.98. The van der Waals surface area contributed by atoms with Gasteiger partial charge in [-0.15, -0.1) is 0 Å². The second kappa shape index (κ2) is 6.39. The van der Waals surface area contributed by atoms with Crippen molar-refractivity contribution in [2.75, 3.05) is 27.2 Å². The van der Waals surface area contributed by atoms with Crippen LogP contribution in [0.2, 0.25) is 0 Å². The largest absolute Gasteiger partial charge is 0.376 e. The van der Waals surface area contributed by atoms with Gasteiger partial charge in [0.1, 0.15) is 0 Å². The lowest BCUT2D eigenvalue weighted by molar-refractivity contribution is -0.0218. The molecule has 0 N–H and O–H groups in total. The summed E-state index contributed by atoms with van der Waals surface area (Å²) in [6, 6.07) is 0. The van der Waals surface area contributed by atoms with Crippen molar-refractivity contribution in [1.82, 2.24) is 4.90 Å². The Kier molecular flexibility index (Phi) is 6.35. The van der Waals surface area contributed by atoms with E-state index in [1.54, 1.807) is 0 Å². The van der Waals surface area contributed by atoms with E-state index in [1.807, 2.05) is 0 Å². The first kappa shape index (κ1) is 12.9. The van der Waals surface area contributed by atoms with Gasteiger partial charge < -0.3 is 9.64 Å². The van der Waals surface area contributed by atoms with Crippen molar-refractivity contribution >= 4 is 0 Å². The number of nitrogens with zero attached hydrogens (tertiary/aromatic N) is 1. The molecule has 0 aromatic rings. The molecular weight excluding hydrogens is 162 g/mol. The number of unbranched alkanes of at least 4 members (excludes halogenated alkanes) is 1. The zero-order valence-electron chi connectivity index (χ0n) is 9.89. The average molecular weight is 187 g/mol. The number of hydrogen-bond acceptors (Lipinski definition) is 2. The summed E-state index contributed by atoms with van der Waals surface area (Å²) in [4.78, 5) is 2.21. The second-order valence-corrected chi connectivity index (χ2v) is 4.47. The van der Waals surface area contributed by atoms with E-state index < -0.39 is 0 Å². The Balaban J connectivity index is 3.26. The lowest BCUT2D eigenvalue weighted by Crippen LogP contribution is -2.24.